The molecule has 6 heteroatoms. The van der Waals surface area contributed by atoms with Crippen LogP contribution in [0.15, 0.2) is 46.3 Å². The lowest BCUT2D eigenvalue weighted by Crippen LogP contribution is -2.36. The molecule has 0 amide bonds. The minimum absolute atomic E-state index is 0.123. The van der Waals surface area contributed by atoms with Gasteiger partial charge in [0.2, 0.25) is 0 Å². The molecule has 5 nitrogen and oxygen atoms in total. The van der Waals surface area contributed by atoms with Crippen LogP contribution in [0.3, 0.4) is 0 Å². The van der Waals surface area contributed by atoms with Gasteiger partial charge in [-0.3, -0.25) is 10.00 Å². The van der Waals surface area contributed by atoms with Crippen molar-refractivity contribution in [3.63, 3.8) is 0 Å². The standard InChI is InChI=1S/C17H21N3O2S/c1-2-13(12-21)20(11-15-4-3-9-23-15)10-14-5-6-17(22-14)16-7-8-18-19-16/h3-9,13,21H,2,10-12H2,1H3,(H,18,19)/t13-/m1/s1. The maximum Gasteiger partial charge on any atom is 0.152 e. The molecular formula is C17H21N3O2S. The van der Waals surface area contributed by atoms with Gasteiger partial charge >= 0.3 is 0 Å². The van der Waals surface area contributed by atoms with Crippen LogP contribution in [0, 0.1) is 0 Å². The molecule has 0 bridgehead atoms. The van der Waals surface area contributed by atoms with E-state index in [1.54, 1.807) is 17.5 Å². The summed E-state index contributed by atoms with van der Waals surface area (Å²) < 4.78 is 5.93. The van der Waals surface area contributed by atoms with Crippen LogP contribution in [-0.2, 0) is 13.1 Å². The number of aliphatic hydroxyl groups excluding tert-OH is 1. The summed E-state index contributed by atoms with van der Waals surface area (Å²) in [5.74, 6) is 1.67. The van der Waals surface area contributed by atoms with Crippen LogP contribution in [0.2, 0.25) is 0 Å². The van der Waals surface area contributed by atoms with E-state index in [0.717, 1.165) is 30.2 Å². The fraction of sp³-hybridized carbons (Fsp3) is 0.353. The van der Waals surface area contributed by atoms with E-state index >= 15 is 0 Å². The minimum Gasteiger partial charge on any atom is -0.458 e. The number of H-pyrrole nitrogens is 1. The van der Waals surface area contributed by atoms with Crippen LogP contribution in [-0.4, -0.2) is 32.9 Å². The van der Waals surface area contributed by atoms with Gasteiger partial charge in [0.05, 0.1) is 13.2 Å². The van der Waals surface area contributed by atoms with Gasteiger partial charge < -0.3 is 9.52 Å². The summed E-state index contributed by atoms with van der Waals surface area (Å²) in [6.45, 7) is 3.73. The van der Waals surface area contributed by atoms with Crippen LogP contribution in [0.4, 0.5) is 0 Å². The monoisotopic (exact) mass is 331 g/mol. The smallest absolute Gasteiger partial charge is 0.152 e. The van der Waals surface area contributed by atoms with Crippen LogP contribution >= 0.6 is 11.3 Å². The molecule has 0 saturated carbocycles. The van der Waals surface area contributed by atoms with Gasteiger partial charge in [0.15, 0.2) is 5.76 Å². The van der Waals surface area contributed by atoms with E-state index in [1.807, 2.05) is 18.2 Å². The zero-order chi connectivity index (χ0) is 16.1. The first kappa shape index (κ1) is 16.0. The first-order valence-electron chi connectivity index (χ1n) is 7.76. The van der Waals surface area contributed by atoms with E-state index in [0.29, 0.717) is 6.54 Å². The fourth-order valence-corrected chi connectivity index (χ4v) is 3.35. The van der Waals surface area contributed by atoms with Crippen LogP contribution in [0.5, 0.6) is 0 Å². The molecule has 23 heavy (non-hydrogen) atoms. The first-order valence-corrected chi connectivity index (χ1v) is 8.64. The summed E-state index contributed by atoms with van der Waals surface area (Å²) in [5, 5.41) is 18.6. The topological polar surface area (TPSA) is 65.3 Å². The number of aromatic nitrogens is 2. The summed E-state index contributed by atoms with van der Waals surface area (Å²) in [6.07, 6.45) is 2.61. The van der Waals surface area contributed by atoms with Gasteiger partial charge in [0, 0.05) is 23.7 Å². The Balaban J connectivity index is 1.75. The van der Waals surface area contributed by atoms with Crippen molar-refractivity contribution in [1.29, 1.82) is 0 Å². The summed E-state index contributed by atoms with van der Waals surface area (Å²) >= 11 is 1.74. The molecule has 0 saturated heterocycles. The lowest BCUT2D eigenvalue weighted by molar-refractivity contribution is 0.101. The zero-order valence-corrected chi connectivity index (χ0v) is 13.9. The quantitative estimate of drug-likeness (QED) is 0.663. The summed E-state index contributed by atoms with van der Waals surface area (Å²) in [6, 6.07) is 10.1. The van der Waals surface area contributed by atoms with E-state index in [-0.39, 0.29) is 12.6 Å². The number of furan rings is 1. The average molecular weight is 331 g/mol. The first-order chi connectivity index (χ1) is 11.3. The molecule has 0 aliphatic rings. The number of thiophene rings is 1. The van der Waals surface area contributed by atoms with Gasteiger partial charge in [-0.25, -0.2) is 0 Å². The SMILES string of the molecule is CC[C@H](CO)N(Cc1ccc(-c2ccn[nH]2)o1)Cc1cccs1. The lowest BCUT2D eigenvalue weighted by atomic mass is 10.2. The van der Waals surface area contributed by atoms with Gasteiger partial charge in [0.25, 0.3) is 0 Å². The Labute approximate surface area is 139 Å². The highest BCUT2D eigenvalue weighted by molar-refractivity contribution is 7.09. The number of nitrogens with one attached hydrogen (secondary N) is 1. The number of hydrogen-bond acceptors (Lipinski definition) is 5. The van der Waals surface area contributed by atoms with Gasteiger partial charge in [-0.15, -0.1) is 11.3 Å². The predicted octanol–water partition coefficient (Wildman–Crippen LogP) is 3.50. The molecule has 3 aromatic rings. The second-order valence-electron chi connectivity index (χ2n) is 5.47. The van der Waals surface area contributed by atoms with Gasteiger partial charge in [0.1, 0.15) is 11.5 Å². The molecule has 3 rings (SSSR count). The highest BCUT2D eigenvalue weighted by atomic mass is 32.1. The molecule has 2 N–H and O–H groups in total. The molecule has 0 fully saturated rings. The van der Waals surface area contributed by atoms with Crippen LogP contribution < -0.4 is 0 Å². The highest BCUT2D eigenvalue weighted by Gasteiger charge is 2.19. The lowest BCUT2D eigenvalue weighted by Gasteiger charge is -2.28. The third kappa shape index (κ3) is 3.90. The molecule has 0 aliphatic heterocycles. The van der Waals surface area contributed by atoms with Crippen molar-refractivity contribution in [3.8, 4) is 11.5 Å². The second-order valence-corrected chi connectivity index (χ2v) is 6.50. The summed E-state index contributed by atoms with van der Waals surface area (Å²) in [7, 11) is 0. The molecule has 3 heterocycles. The fourth-order valence-electron chi connectivity index (χ4n) is 2.62. The predicted molar refractivity (Wildman–Crippen MR) is 91.0 cm³/mol. The van der Waals surface area contributed by atoms with E-state index in [2.05, 4.69) is 39.5 Å². The van der Waals surface area contributed by atoms with Crippen LogP contribution in [0.25, 0.3) is 11.5 Å². The number of rotatable bonds is 8. The van der Waals surface area contributed by atoms with Crippen molar-refractivity contribution >= 4 is 11.3 Å². The van der Waals surface area contributed by atoms with Crippen molar-refractivity contribution in [1.82, 2.24) is 15.1 Å². The molecule has 0 spiro atoms. The van der Waals surface area contributed by atoms with Crippen molar-refractivity contribution in [2.24, 2.45) is 0 Å². The van der Waals surface area contributed by atoms with Crippen molar-refractivity contribution in [2.75, 3.05) is 6.61 Å². The largest absolute Gasteiger partial charge is 0.458 e. The Kier molecular flexibility index (Phi) is 5.27. The Morgan fingerprint density at radius 3 is 2.87 bits per heavy atom. The summed E-state index contributed by atoms with van der Waals surface area (Å²) in [4.78, 5) is 3.55. The van der Waals surface area contributed by atoms with Gasteiger partial charge in [-0.05, 0) is 36.1 Å². The third-order valence-corrected chi connectivity index (χ3v) is 4.79. The molecule has 0 aromatic carbocycles. The van der Waals surface area contributed by atoms with E-state index in [4.69, 9.17) is 4.42 Å². The Hall–Kier alpha value is -1.89. The second kappa shape index (κ2) is 7.59. The van der Waals surface area contributed by atoms with Gasteiger partial charge in [-0.1, -0.05) is 13.0 Å². The number of aromatic amines is 1. The van der Waals surface area contributed by atoms with E-state index in [1.165, 1.54) is 4.88 Å². The minimum atomic E-state index is 0.123. The third-order valence-electron chi connectivity index (χ3n) is 3.92. The number of aliphatic hydroxyl groups is 1. The molecule has 122 valence electrons. The zero-order valence-electron chi connectivity index (χ0n) is 13.1. The van der Waals surface area contributed by atoms with Crippen LogP contribution in [0.1, 0.15) is 24.0 Å². The Morgan fingerprint density at radius 2 is 2.22 bits per heavy atom. The van der Waals surface area contributed by atoms with Crippen molar-refractivity contribution < 1.29 is 9.52 Å². The van der Waals surface area contributed by atoms with E-state index < -0.39 is 0 Å². The maximum absolute atomic E-state index is 9.68. The normalized spacial score (nSPS) is 12.8. The molecule has 1 atom stereocenters. The summed E-state index contributed by atoms with van der Waals surface area (Å²) in [5.41, 5.74) is 0.871. The maximum atomic E-state index is 9.68. The Morgan fingerprint density at radius 1 is 1.30 bits per heavy atom. The highest BCUT2D eigenvalue weighted by Crippen LogP contribution is 2.23. The molecular weight excluding hydrogens is 310 g/mol. The molecule has 0 aliphatic carbocycles. The van der Waals surface area contributed by atoms with Gasteiger partial charge in [-0.2, -0.15) is 5.10 Å². The molecule has 0 radical (unpaired) electrons. The van der Waals surface area contributed by atoms with Crippen molar-refractivity contribution in [2.45, 2.75) is 32.5 Å². The van der Waals surface area contributed by atoms with Crippen molar-refractivity contribution in [3.05, 3.63) is 52.5 Å². The van der Waals surface area contributed by atoms with E-state index in [9.17, 15) is 5.11 Å². The Bertz CT molecular complexity index is 687. The molecule has 0 unspecified atom stereocenters. The number of hydrogen-bond donors (Lipinski definition) is 2. The average Bonchev–Trinajstić information content (AvgIpc) is 3.31. The number of nitrogens with zero attached hydrogens (tertiary/aromatic N) is 2. The molecule has 3 aromatic heterocycles.